The summed E-state index contributed by atoms with van der Waals surface area (Å²) in [4.78, 5) is 14.3. The molecule has 3 nitrogen and oxygen atoms in total. The molecule has 20 heavy (non-hydrogen) atoms. The van der Waals surface area contributed by atoms with E-state index < -0.39 is 0 Å². The molecule has 0 atom stereocenters. The fourth-order valence-corrected chi connectivity index (χ4v) is 2.61. The third-order valence-corrected chi connectivity index (χ3v) is 4.01. The maximum Gasteiger partial charge on any atom is 0.255 e. The van der Waals surface area contributed by atoms with E-state index in [2.05, 4.69) is 26.8 Å². The van der Waals surface area contributed by atoms with E-state index in [1.54, 1.807) is 18.2 Å². The Hall–Kier alpha value is -1.48. The van der Waals surface area contributed by atoms with Crippen LogP contribution in [0.1, 0.15) is 37.6 Å². The summed E-state index contributed by atoms with van der Waals surface area (Å²) in [6, 6.07) is 5.02. The van der Waals surface area contributed by atoms with Gasteiger partial charge in [0.1, 0.15) is 0 Å². The van der Waals surface area contributed by atoms with E-state index in [-0.39, 0.29) is 11.3 Å². The second-order valence-electron chi connectivity index (χ2n) is 6.22. The highest BCUT2D eigenvalue weighted by atomic mass is 35.5. The first-order chi connectivity index (χ1) is 9.29. The molecule has 1 aromatic carbocycles. The molecule has 0 bridgehead atoms. The van der Waals surface area contributed by atoms with Crippen molar-refractivity contribution in [1.29, 1.82) is 0 Å². The van der Waals surface area contributed by atoms with Crippen molar-refractivity contribution in [3.63, 3.8) is 0 Å². The molecule has 0 saturated heterocycles. The predicted molar refractivity (Wildman–Crippen MR) is 83.9 cm³/mol. The van der Waals surface area contributed by atoms with Gasteiger partial charge in [0.15, 0.2) is 0 Å². The Kier molecular flexibility index (Phi) is 4.09. The number of carbonyl (C=O) groups is 1. The summed E-state index contributed by atoms with van der Waals surface area (Å²) in [5.41, 5.74) is 8.35. The Bertz CT molecular complexity index is 558. The summed E-state index contributed by atoms with van der Waals surface area (Å²) < 4.78 is 0. The fourth-order valence-electron chi connectivity index (χ4n) is 2.41. The molecular weight excluding hydrogens is 272 g/mol. The van der Waals surface area contributed by atoms with Crippen LogP contribution in [0.4, 0.5) is 5.69 Å². The summed E-state index contributed by atoms with van der Waals surface area (Å²) in [5, 5.41) is 0.454. The molecule has 0 aliphatic carbocycles. The molecule has 4 heteroatoms. The third-order valence-electron chi connectivity index (χ3n) is 3.68. The SMILES string of the molecule is CC(C)(C)C1=CCN(C(=O)c2cc(N)ccc2Cl)CC1. The topological polar surface area (TPSA) is 46.3 Å². The van der Waals surface area contributed by atoms with Gasteiger partial charge in [0, 0.05) is 18.8 Å². The number of rotatable bonds is 1. The van der Waals surface area contributed by atoms with E-state index in [0.29, 0.717) is 22.8 Å². The second kappa shape index (κ2) is 5.49. The zero-order valence-corrected chi connectivity index (χ0v) is 13.0. The number of nitrogens with zero attached hydrogens (tertiary/aromatic N) is 1. The minimum absolute atomic E-state index is 0.0495. The molecule has 108 valence electrons. The van der Waals surface area contributed by atoms with Crippen LogP contribution < -0.4 is 5.73 Å². The van der Waals surface area contributed by atoms with Gasteiger partial charge in [0.05, 0.1) is 10.6 Å². The second-order valence-corrected chi connectivity index (χ2v) is 6.63. The van der Waals surface area contributed by atoms with Gasteiger partial charge in [-0.25, -0.2) is 0 Å². The smallest absolute Gasteiger partial charge is 0.255 e. The number of hydrogen-bond donors (Lipinski definition) is 1. The molecular formula is C16H21ClN2O. The average Bonchev–Trinajstić information content (AvgIpc) is 2.40. The minimum atomic E-state index is -0.0495. The fraction of sp³-hybridized carbons (Fsp3) is 0.438. The predicted octanol–water partition coefficient (Wildman–Crippen LogP) is 3.74. The van der Waals surface area contributed by atoms with Crippen molar-refractivity contribution in [1.82, 2.24) is 4.90 Å². The van der Waals surface area contributed by atoms with Crippen LogP contribution in [0.2, 0.25) is 5.02 Å². The first-order valence-electron chi connectivity index (χ1n) is 6.83. The van der Waals surface area contributed by atoms with E-state index in [0.717, 1.165) is 13.0 Å². The molecule has 2 N–H and O–H groups in total. The van der Waals surface area contributed by atoms with Crippen LogP contribution in [0.25, 0.3) is 0 Å². The van der Waals surface area contributed by atoms with Gasteiger partial charge in [0.25, 0.3) is 5.91 Å². The van der Waals surface area contributed by atoms with Gasteiger partial charge < -0.3 is 10.6 Å². The Labute approximate surface area is 125 Å². The first-order valence-corrected chi connectivity index (χ1v) is 7.20. The molecule has 1 heterocycles. The molecule has 2 rings (SSSR count). The van der Waals surface area contributed by atoms with Crippen LogP contribution in [0.15, 0.2) is 29.8 Å². The zero-order chi connectivity index (χ0) is 14.9. The van der Waals surface area contributed by atoms with Crippen molar-refractivity contribution in [3.05, 3.63) is 40.4 Å². The quantitative estimate of drug-likeness (QED) is 0.633. The van der Waals surface area contributed by atoms with Crippen LogP contribution in [0.3, 0.4) is 0 Å². The van der Waals surface area contributed by atoms with Crippen LogP contribution in [-0.2, 0) is 0 Å². The van der Waals surface area contributed by atoms with Crippen molar-refractivity contribution < 1.29 is 4.79 Å². The summed E-state index contributed by atoms with van der Waals surface area (Å²) in [5.74, 6) is -0.0495. The molecule has 0 saturated carbocycles. The number of anilines is 1. The Balaban J connectivity index is 2.17. The number of nitrogen functional groups attached to an aromatic ring is 1. The molecule has 1 aliphatic heterocycles. The van der Waals surface area contributed by atoms with Crippen molar-refractivity contribution in [2.45, 2.75) is 27.2 Å². The van der Waals surface area contributed by atoms with Gasteiger partial charge in [-0.05, 0) is 30.0 Å². The number of nitrogens with two attached hydrogens (primary N) is 1. The van der Waals surface area contributed by atoms with Crippen LogP contribution in [0, 0.1) is 5.41 Å². The number of amides is 1. The summed E-state index contributed by atoms with van der Waals surface area (Å²) in [7, 11) is 0. The number of halogens is 1. The largest absolute Gasteiger partial charge is 0.399 e. The summed E-state index contributed by atoms with van der Waals surface area (Å²) >= 11 is 6.09. The van der Waals surface area contributed by atoms with Gasteiger partial charge in [0.2, 0.25) is 0 Å². The molecule has 0 unspecified atom stereocenters. The minimum Gasteiger partial charge on any atom is -0.399 e. The van der Waals surface area contributed by atoms with E-state index in [1.807, 2.05) is 4.90 Å². The van der Waals surface area contributed by atoms with E-state index in [1.165, 1.54) is 5.57 Å². The van der Waals surface area contributed by atoms with Gasteiger partial charge in [-0.1, -0.05) is 44.0 Å². The van der Waals surface area contributed by atoms with Gasteiger partial charge in [-0.3, -0.25) is 4.79 Å². The highest BCUT2D eigenvalue weighted by Gasteiger charge is 2.25. The van der Waals surface area contributed by atoms with Gasteiger partial charge in [-0.15, -0.1) is 0 Å². The van der Waals surface area contributed by atoms with Crippen LogP contribution in [0.5, 0.6) is 0 Å². The molecule has 0 fully saturated rings. The molecule has 0 aromatic heterocycles. The average molecular weight is 293 g/mol. The normalized spacial score (nSPS) is 16.0. The monoisotopic (exact) mass is 292 g/mol. The number of carbonyl (C=O) groups excluding carboxylic acids is 1. The van der Waals surface area contributed by atoms with Crippen molar-refractivity contribution in [2.75, 3.05) is 18.8 Å². The van der Waals surface area contributed by atoms with E-state index >= 15 is 0 Å². The highest BCUT2D eigenvalue weighted by Crippen LogP contribution is 2.31. The third kappa shape index (κ3) is 3.15. The number of benzene rings is 1. The summed E-state index contributed by atoms with van der Waals surface area (Å²) in [6.07, 6.45) is 3.07. The Morgan fingerprint density at radius 1 is 1.35 bits per heavy atom. The highest BCUT2D eigenvalue weighted by molar-refractivity contribution is 6.34. The lowest BCUT2D eigenvalue weighted by molar-refractivity contribution is 0.0765. The van der Waals surface area contributed by atoms with Crippen LogP contribution in [-0.4, -0.2) is 23.9 Å². The maximum atomic E-state index is 12.5. The maximum absolute atomic E-state index is 12.5. The first kappa shape index (κ1) is 14.9. The number of hydrogen-bond acceptors (Lipinski definition) is 2. The van der Waals surface area contributed by atoms with Gasteiger partial charge in [-0.2, -0.15) is 0 Å². The molecule has 0 spiro atoms. The molecule has 1 aliphatic rings. The molecule has 1 amide bonds. The summed E-state index contributed by atoms with van der Waals surface area (Å²) in [6.45, 7) is 7.96. The van der Waals surface area contributed by atoms with E-state index in [4.69, 9.17) is 17.3 Å². The standard InChI is InChI=1S/C16H21ClN2O/c1-16(2,3)11-6-8-19(9-7-11)15(20)13-10-12(18)4-5-14(13)17/h4-6,10H,7-9,18H2,1-3H3. The lowest BCUT2D eigenvalue weighted by Crippen LogP contribution is -2.36. The van der Waals surface area contributed by atoms with Crippen molar-refractivity contribution in [2.24, 2.45) is 5.41 Å². The van der Waals surface area contributed by atoms with Crippen molar-refractivity contribution in [3.8, 4) is 0 Å². The van der Waals surface area contributed by atoms with Crippen molar-refractivity contribution >= 4 is 23.2 Å². The van der Waals surface area contributed by atoms with E-state index in [9.17, 15) is 4.79 Å². The Morgan fingerprint density at radius 2 is 2.05 bits per heavy atom. The van der Waals surface area contributed by atoms with Crippen LogP contribution >= 0.6 is 11.6 Å². The lowest BCUT2D eigenvalue weighted by atomic mass is 9.83. The molecule has 0 radical (unpaired) electrons. The zero-order valence-electron chi connectivity index (χ0n) is 12.2. The Morgan fingerprint density at radius 3 is 2.60 bits per heavy atom. The lowest BCUT2D eigenvalue weighted by Gasteiger charge is -2.32. The molecule has 1 aromatic rings. The van der Waals surface area contributed by atoms with Gasteiger partial charge >= 0.3 is 0 Å².